The van der Waals surface area contributed by atoms with Crippen molar-refractivity contribution in [2.75, 3.05) is 0 Å². The molecule has 0 aromatic heterocycles. The zero-order valence-electron chi connectivity index (χ0n) is 9.58. The van der Waals surface area contributed by atoms with Gasteiger partial charge in [0.05, 0.1) is 5.56 Å². The molecule has 18 heavy (non-hydrogen) atoms. The second-order valence-electron chi connectivity index (χ2n) is 3.96. The Morgan fingerprint density at radius 2 is 1.94 bits per heavy atom. The van der Waals surface area contributed by atoms with Gasteiger partial charge in [0.2, 0.25) is 0 Å². The Bertz CT molecular complexity index is 623. The number of aromatic carboxylic acids is 1. The number of hydrogen-bond donors (Lipinski definition) is 1. The highest BCUT2D eigenvalue weighted by Gasteiger charge is 2.11. The summed E-state index contributed by atoms with van der Waals surface area (Å²) in [5, 5.41) is 9.42. The van der Waals surface area contributed by atoms with Crippen LogP contribution in [0.25, 0.3) is 11.1 Å². The molecule has 2 rings (SSSR count). The predicted molar refractivity (Wildman–Crippen MR) is 68.5 cm³/mol. The largest absolute Gasteiger partial charge is 0.478 e. The van der Waals surface area contributed by atoms with Crippen LogP contribution in [0.5, 0.6) is 0 Å². The van der Waals surface area contributed by atoms with Crippen molar-refractivity contribution in [1.82, 2.24) is 0 Å². The number of hydrogen-bond acceptors (Lipinski definition) is 1. The molecule has 0 atom stereocenters. The summed E-state index contributed by atoms with van der Waals surface area (Å²) in [4.78, 5) is 10.9. The SMILES string of the molecule is Cc1ccc(-c2cc(C(=O)O)ccc2F)cc1Cl. The molecule has 4 heteroatoms. The molecular weight excluding hydrogens is 255 g/mol. The highest BCUT2D eigenvalue weighted by atomic mass is 35.5. The van der Waals surface area contributed by atoms with Gasteiger partial charge >= 0.3 is 5.97 Å². The second-order valence-corrected chi connectivity index (χ2v) is 4.37. The Hall–Kier alpha value is -1.87. The van der Waals surface area contributed by atoms with Crippen molar-refractivity contribution in [3.05, 3.63) is 58.4 Å². The normalized spacial score (nSPS) is 10.4. The zero-order valence-corrected chi connectivity index (χ0v) is 10.3. The lowest BCUT2D eigenvalue weighted by Gasteiger charge is -2.07. The molecule has 0 radical (unpaired) electrons. The number of halogens is 2. The predicted octanol–water partition coefficient (Wildman–Crippen LogP) is 4.15. The highest BCUT2D eigenvalue weighted by molar-refractivity contribution is 6.31. The molecule has 1 N–H and O–H groups in total. The summed E-state index contributed by atoms with van der Waals surface area (Å²) in [6.45, 7) is 1.84. The second kappa shape index (κ2) is 4.78. The van der Waals surface area contributed by atoms with E-state index in [9.17, 15) is 9.18 Å². The van der Waals surface area contributed by atoms with E-state index >= 15 is 0 Å². The van der Waals surface area contributed by atoms with Gasteiger partial charge in [0.25, 0.3) is 0 Å². The molecule has 0 heterocycles. The van der Waals surface area contributed by atoms with Crippen LogP contribution in [-0.2, 0) is 0 Å². The van der Waals surface area contributed by atoms with Crippen LogP contribution in [0.15, 0.2) is 36.4 Å². The molecule has 0 aliphatic carbocycles. The quantitative estimate of drug-likeness (QED) is 0.885. The lowest BCUT2D eigenvalue weighted by atomic mass is 10.0. The van der Waals surface area contributed by atoms with E-state index in [0.29, 0.717) is 10.6 Å². The molecule has 0 spiro atoms. The van der Waals surface area contributed by atoms with Crippen LogP contribution in [0.2, 0.25) is 5.02 Å². The minimum absolute atomic E-state index is 0.0445. The van der Waals surface area contributed by atoms with E-state index in [1.54, 1.807) is 18.2 Å². The minimum atomic E-state index is -1.09. The minimum Gasteiger partial charge on any atom is -0.478 e. The van der Waals surface area contributed by atoms with E-state index < -0.39 is 11.8 Å². The Kier molecular flexibility index (Phi) is 3.34. The molecular formula is C14H10ClFO2. The maximum absolute atomic E-state index is 13.7. The standard InChI is InChI=1S/C14H10ClFO2/c1-8-2-3-9(7-12(8)15)11-6-10(14(17)18)4-5-13(11)16/h2-7H,1H3,(H,17,18). The average Bonchev–Trinajstić information content (AvgIpc) is 2.33. The number of aryl methyl sites for hydroxylation is 1. The fraction of sp³-hybridized carbons (Fsp3) is 0.0714. The third kappa shape index (κ3) is 2.36. The molecule has 0 saturated heterocycles. The van der Waals surface area contributed by atoms with Gasteiger partial charge in [-0.05, 0) is 42.3 Å². The summed E-state index contributed by atoms with van der Waals surface area (Å²) < 4.78 is 13.7. The number of rotatable bonds is 2. The van der Waals surface area contributed by atoms with Crippen LogP contribution in [-0.4, -0.2) is 11.1 Å². The molecule has 0 saturated carbocycles. The number of carboxylic acid groups (broad SMARTS) is 1. The first-order valence-electron chi connectivity index (χ1n) is 5.28. The van der Waals surface area contributed by atoms with Crippen LogP contribution < -0.4 is 0 Å². The van der Waals surface area contributed by atoms with Crippen molar-refractivity contribution >= 4 is 17.6 Å². The van der Waals surface area contributed by atoms with Gasteiger partial charge in [-0.25, -0.2) is 9.18 Å². The lowest BCUT2D eigenvalue weighted by Crippen LogP contribution is -1.97. The first-order valence-corrected chi connectivity index (χ1v) is 5.66. The van der Waals surface area contributed by atoms with Crippen LogP contribution in [0, 0.1) is 12.7 Å². The lowest BCUT2D eigenvalue weighted by molar-refractivity contribution is 0.0697. The summed E-state index contributed by atoms with van der Waals surface area (Å²) in [6.07, 6.45) is 0. The van der Waals surface area contributed by atoms with Gasteiger partial charge in [0.1, 0.15) is 5.82 Å². The fourth-order valence-electron chi connectivity index (χ4n) is 1.64. The molecule has 2 aromatic rings. The summed E-state index contributed by atoms with van der Waals surface area (Å²) in [6, 6.07) is 8.79. The molecule has 0 amide bonds. The Labute approximate surface area is 109 Å². The Morgan fingerprint density at radius 3 is 2.56 bits per heavy atom. The average molecular weight is 265 g/mol. The van der Waals surface area contributed by atoms with Crippen molar-refractivity contribution < 1.29 is 14.3 Å². The molecule has 0 aliphatic rings. The molecule has 2 nitrogen and oxygen atoms in total. The van der Waals surface area contributed by atoms with E-state index in [0.717, 1.165) is 11.6 Å². The van der Waals surface area contributed by atoms with Crippen molar-refractivity contribution in [2.24, 2.45) is 0 Å². The van der Waals surface area contributed by atoms with Gasteiger partial charge in [-0.3, -0.25) is 0 Å². The van der Waals surface area contributed by atoms with E-state index in [1.807, 2.05) is 6.92 Å². The molecule has 0 aliphatic heterocycles. The maximum Gasteiger partial charge on any atom is 0.335 e. The molecule has 92 valence electrons. The molecule has 0 unspecified atom stereocenters. The first-order chi connectivity index (χ1) is 8.49. The zero-order chi connectivity index (χ0) is 13.3. The summed E-state index contributed by atoms with van der Waals surface area (Å²) >= 11 is 5.98. The topological polar surface area (TPSA) is 37.3 Å². The van der Waals surface area contributed by atoms with Crippen LogP contribution in [0.3, 0.4) is 0 Å². The van der Waals surface area contributed by atoms with Gasteiger partial charge in [0, 0.05) is 10.6 Å². The summed E-state index contributed by atoms with van der Waals surface area (Å²) in [5.41, 5.74) is 1.72. The maximum atomic E-state index is 13.7. The van der Waals surface area contributed by atoms with Crippen LogP contribution in [0.4, 0.5) is 4.39 Å². The van der Waals surface area contributed by atoms with Crippen molar-refractivity contribution in [1.29, 1.82) is 0 Å². The smallest absolute Gasteiger partial charge is 0.335 e. The third-order valence-corrected chi connectivity index (χ3v) is 3.10. The number of carbonyl (C=O) groups is 1. The fourth-order valence-corrected chi connectivity index (χ4v) is 1.82. The first kappa shape index (κ1) is 12.6. The van der Waals surface area contributed by atoms with Gasteiger partial charge in [-0.1, -0.05) is 23.7 Å². The van der Waals surface area contributed by atoms with Crippen LogP contribution in [0.1, 0.15) is 15.9 Å². The molecule has 0 bridgehead atoms. The third-order valence-electron chi connectivity index (χ3n) is 2.70. The van der Waals surface area contributed by atoms with E-state index in [-0.39, 0.29) is 11.1 Å². The van der Waals surface area contributed by atoms with Gasteiger partial charge in [-0.2, -0.15) is 0 Å². The van der Waals surface area contributed by atoms with Gasteiger partial charge in [0.15, 0.2) is 0 Å². The van der Waals surface area contributed by atoms with E-state index in [2.05, 4.69) is 0 Å². The van der Waals surface area contributed by atoms with Crippen LogP contribution >= 0.6 is 11.6 Å². The van der Waals surface area contributed by atoms with Crippen molar-refractivity contribution in [2.45, 2.75) is 6.92 Å². The Morgan fingerprint density at radius 1 is 1.22 bits per heavy atom. The summed E-state index contributed by atoms with van der Waals surface area (Å²) in [5.74, 6) is -1.56. The molecule has 0 fully saturated rings. The number of carboxylic acids is 1. The highest BCUT2D eigenvalue weighted by Crippen LogP contribution is 2.28. The number of benzene rings is 2. The molecule has 2 aromatic carbocycles. The Balaban J connectivity index is 2.58. The summed E-state index contributed by atoms with van der Waals surface area (Å²) in [7, 11) is 0. The van der Waals surface area contributed by atoms with Gasteiger partial charge < -0.3 is 5.11 Å². The van der Waals surface area contributed by atoms with E-state index in [1.165, 1.54) is 12.1 Å². The van der Waals surface area contributed by atoms with E-state index in [4.69, 9.17) is 16.7 Å². The van der Waals surface area contributed by atoms with Crippen molar-refractivity contribution in [3.63, 3.8) is 0 Å². The monoisotopic (exact) mass is 264 g/mol. The van der Waals surface area contributed by atoms with Gasteiger partial charge in [-0.15, -0.1) is 0 Å². The van der Waals surface area contributed by atoms with Crippen molar-refractivity contribution in [3.8, 4) is 11.1 Å².